The lowest BCUT2D eigenvalue weighted by Gasteiger charge is -2.13. The summed E-state index contributed by atoms with van der Waals surface area (Å²) < 4.78 is 0. The van der Waals surface area contributed by atoms with Crippen LogP contribution in [-0.4, -0.2) is 42.3 Å². The first-order chi connectivity index (χ1) is 9.15. The second-order valence-corrected chi connectivity index (χ2v) is 4.46. The molecule has 1 aliphatic rings. The minimum atomic E-state index is -0.348. The van der Waals surface area contributed by atoms with Crippen molar-refractivity contribution in [1.29, 1.82) is 0 Å². The smallest absolute Gasteiger partial charge is 0.253 e. The molecule has 114 valence electrons. The van der Waals surface area contributed by atoms with Gasteiger partial charge in [-0.2, -0.15) is 0 Å². The standard InChI is InChI=1S/C13H21N3O3.ClH/c14-8-3-1-2-4-9-15-11(17)7-10-16-12(18)5-6-13(16)19;/h5-6H,1-4,7-10,14H2,(H,15,17);1H. The lowest BCUT2D eigenvalue weighted by Crippen LogP contribution is -2.34. The van der Waals surface area contributed by atoms with Crippen molar-refractivity contribution in [2.75, 3.05) is 19.6 Å². The van der Waals surface area contributed by atoms with Gasteiger partial charge in [0.1, 0.15) is 0 Å². The van der Waals surface area contributed by atoms with Crippen molar-refractivity contribution >= 4 is 30.1 Å². The van der Waals surface area contributed by atoms with E-state index in [1.807, 2.05) is 0 Å². The average Bonchev–Trinajstić information content (AvgIpc) is 2.71. The summed E-state index contributed by atoms with van der Waals surface area (Å²) in [6.07, 6.45) is 6.66. The number of unbranched alkanes of at least 4 members (excludes halogenated alkanes) is 3. The third kappa shape index (κ3) is 6.68. The van der Waals surface area contributed by atoms with Crippen LogP contribution in [-0.2, 0) is 14.4 Å². The number of nitrogens with one attached hydrogen (secondary N) is 1. The summed E-state index contributed by atoms with van der Waals surface area (Å²) in [5, 5.41) is 2.77. The van der Waals surface area contributed by atoms with Crippen molar-refractivity contribution in [3.05, 3.63) is 12.2 Å². The Morgan fingerprint density at radius 1 is 1.10 bits per heavy atom. The molecule has 0 saturated carbocycles. The van der Waals surface area contributed by atoms with Crippen LogP contribution in [0.3, 0.4) is 0 Å². The van der Waals surface area contributed by atoms with Gasteiger partial charge in [-0.3, -0.25) is 19.3 Å². The number of nitrogens with two attached hydrogens (primary N) is 1. The van der Waals surface area contributed by atoms with Crippen LogP contribution in [0.4, 0.5) is 0 Å². The zero-order chi connectivity index (χ0) is 14.1. The summed E-state index contributed by atoms with van der Waals surface area (Å²) >= 11 is 0. The van der Waals surface area contributed by atoms with Gasteiger partial charge in [-0.15, -0.1) is 12.4 Å². The van der Waals surface area contributed by atoms with E-state index in [9.17, 15) is 14.4 Å². The first-order valence-electron chi connectivity index (χ1n) is 6.65. The molecule has 1 rings (SSSR count). The molecule has 0 radical (unpaired) electrons. The maximum atomic E-state index is 11.5. The Bertz CT molecular complexity index is 354. The molecule has 1 heterocycles. The highest BCUT2D eigenvalue weighted by Crippen LogP contribution is 2.04. The summed E-state index contributed by atoms with van der Waals surface area (Å²) in [5.41, 5.74) is 5.38. The Kier molecular flexibility index (Phi) is 9.67. The van der Waals surface area contributed by atoms with Gasteiger partial charge in [0, 0.05) is 31.7 Å². The van der Waals surface area contributed by atoms with Gasteiger partial charge in [0.25, 0.3) is 11.8 Å². The van der Waals surface area contributed by atoms with Crippen molar-refractivity contribution in [3.8, 4) is 0 Å². The van der Waals surface area contributed by atoms with Crippen LogP contribution in [0, 0.1) is 0 Å². The van der Waals surface area contributed by atoms with E-state index in [0.717, 1.165) is 30.6 Å². The molecular formula is C13H22ClN3O3. The molecule has 0 aliphatic carbocycles. The van der Waals surface area contributed by atoms with E-state index >= 15 is 0 Å². The molecule has 0 spiro atoms. The molecule has 20 heavy (non-hydrogen) atoms. The molecule has 0 unspecified atom stereocenters. The maximum absolute atomic E-state index is 11.5. The Labute approximate surface area is 125 Å². The van der Waals surface area contributed by atoms with Crippen LogP contribution in [0.2, 0.25) is 0 Å². The van der Waals surface area contributed by atoms with Gasteiger partial charge in [0.15, 0.2) is 0 Å². The molecule has 3 amide bonds. The predicted octanol–water partition coefficient (Wildman–Crippen LogP) is 0.359. The molecule has 6 nitrogen and oxygen atoms in total. The number of rotatable bonds is 9. The first-order valence-corrected chi connectivity index (χ1v) is 6.65. The highest BCUT2D eigenvalue weighted by atomic mass is 35.5. The minimum Gasteiger partial charge on any atom is -0.356 e. The topological polar surface area (TPSA) is 92.5 Å². The van der Waals surface area contributed by atoms with Crippen molar-refractivity contribution < 1.29 is 14.4 Å². The van der Waals surface area contributed by atoms with Gasteiger partial charge in [-0.1, -0.05) is 12.8 Å². The van der Waals surface area contributed by atoms with Crippen LogP contribution < -0.4 is 11.1 Å². The maximum Gasteiger partial charge on any atom is 0.253 e. The average molecular weight is 304 g/mol. The highest BCUT2D eigenvalue weighted by Gasteiger charge is 2.23. The van der Waals surface area contributed by atoms with Crippen LogP contribution in [0.1, 0.15) is 32.1 Å². The summed E-state index contributed by atoms with van der Waals surface area (Å²) in [4.78, 5) is 35.0. The number of halogens is 1. The lowest BCUT2D eigenvalue weighted by molar-refractivity contribution is -0.137. The highest BCUT2D eigenvalue weighted by molar-refractivity contribution is 6.13. The summed E-state index contributed by atoms with van der Waals surface area (Å²) in [5.74, 6) is -0.828. The molecule has 0 aromatic rings. The minimum absolute atomic E-state index is 0. The Morgan fingerprint density at radius 3 is 2.30 bits per heavy atom. The predicted molar refractivity (Wildman–Crippen MR) is 78.3 cm³/mol. The zero-order valence-electron chi connectivity index (χ0n) is 11.5. The number of amides is 3. The molecule has 1 aliphatic heterocycles. The van der Waals surface area contributed by atoms with Crippen LogP contribution in [0.5, 0.6) is 0 Å². The first kappa shape index (κ1) is 18.6. The molecule has 0 aromatic carbocycles. The lowest BCUT2D eigenvalue weighted by atomic mass is 10.2. The summed E-state index contributed by atoms with van der Waals surface area (Å²) in [6, 6.07) is 0. The van der Waals surface area contributed by atoms with E-state index in [0.29, 0.717) is 13.1 Å². The molecule has 0 aromatic heterocycles. The molecule has 0 saturated heterocycles. The number of hydrogen-bond acceptors (Lipinski definition) is 4. The third-order valence-corrected chi connectivity index (χ3v) is 2.92. The Balaban J connectivity index is 0.00000361. The molecule has 0 fully saturated rings. The fourth-order valence-corrected chi connectivity index (χ4v) is 1.80. The van der Waals surface area contributed by atoms with Crippen LogP contribution in [0.15, 0.2) is 12.2 Å². The van der Waals surface area contributed by atoms with E-state index in [1.54, 1.807) is 0 Å². The van der Waals surface area contributed by atoms with Gasteiger partial charge in [-0.05, 0) is 19.4 Å². The number of carbonyl (C=O) groups excluding carboxylic acids is 3. The quantitative estimate of drug-likeness (QED) is 0.475. The van der Waals surface area contributed by atoms with Crippen molar-refractivity contribution in [2.24, 2.45) is 5.73 Å². The Hall–Kier alpha value is -1.40. The third-order valence-electron chi connectivity index (χ3n) is 2.92. The van der Waals surface area contributed by atoms with Crippen LogP contribution in [0.25, 0.3) is 0 Å². The number of imide groups is 1. The number of nitrogens with zero attached hydrogens (tertiary/aromatic N) is 1. The van der Waals surface area contributed by atoms with Gasteiger partial charge < -0.3 is 11.1 Å². The van der Waals surface area contributed by atoms with Gasteiger partial charge in [0.2, 0.25) is 5.91 Å². The zero-order valence-corrected chi connectivity index (χ0v) is 12.3. The monoisotopic (exact) mass is 303 g/mol. The van der Waals surface area contributed by atoms with E-state index in [1.165, 1.54) is 12.2 Å². The fraction of sp³-hybridized carbons (Fsp3) is 0.615. The second-order valence-electron chi connectivity index (χ2n) is 4.46. The number of carbonyl (C=O) groups is 3. The van der Waals surface area contributed by atoms with Gasteiger partial charge >= 0.3 is 0 Å². The van der Waals surface area contributed by atoms with Crippen molar-refractivity contribution in [1.82, 2.24) is 10.2 Å². The van der Waals surface area contributed by atoms with E-state index in [4.69, 9.17) is 5.73 Å². The van der Waals surface area contributed by atoms with E-state index in [2.05, 4.69) is 5.32 Å². The van der Waals surface area contributed by atoms with Crippen molar-refractivity contribution in [2.45, 2.75) is 32.1 Å². The largest absolute Gasteiger partial charge is 0.356 e. The molecule has 3 N–H and O–H groups in total. The Morgan fingerprint density at radius 2 is 1.70 bits per heavy atom. The number of hydrogen-bond donors (Lipinski definition) is 2. The normalized spacial score (nSPS) is 13.6. The second kappa shape index (κ2) is 10.4. The van der Waals surface area contributed by atoms with Crippen molar-refractivity contribution in [3.63, 3.8) is 0 Å². The molecule has 0 bridgehead atoms. The molecule has 0 atom stereocenters. The molecule has 7 heteroatoms. The van der Waals surface area contributed by atoms with E-state index < -0.39 is 0 Å². The SMILES string of the molecule is Cl.NCCCCCCNC(=O)CCN1C(=O)C=CC1=O. The summed E-state index contributed by atoms with van der Waals surface area (Å²) in [6.45, 7) is 1.48. The fourth-order valence-electron chi connectivity index (χ4n) is 1.80. The van der Waals surface area contributed by atoms with Gasteiger partial charge in [-0.25, -0.2) is 0 Å². The van der Waals surface area contributed by atoms with E-state index in [-0.39, 0.29) is 43.1 Å². The molecular weight excluding hydrogens is 282 g/mol. The van der Waals surface area contributed by atoms with Crippen LogP contribution >= 0.6 is 12.4 Å². The van der Waals surface area contributed by atoms with Gasteiger partial charge in [0.05, 0.1) is 0 Å². The summed E-state index contributed by atoms with van der Waals surface area (Å²) in [7, 11) is 0.